The maximum absolute atomic E-state index is 12.0. The topological polar surface area (TPSA) is 58.2 Å². The Morgan fingerprint density at radius 2 is 2.17 bits per heavy atom. The molecule has 1 aliphatic carbocycles. The predicted molar refractivity (Wildman–Crippen MR) is 90.4 cm³/mol. The number of ether oxygens (including phenoxy) is 1. The van der Waals surface area contributed by atoms with E-state index in [-0.39, 0.29) is 11.7 Å². The number of pyridine rings is 1. The quantitative estimate of drug-likeness (QED) is 0.926. The SMILES string of the molecule is CC1C=CC(c2c[nH]c3ncc(N4CCOCC4)cc23)=CC1=O. The summed E-state index contributed by atoms with van der Waals surface area (Å²) in [4.78, 5) is 22.0. The smallest absolute Gasteiger partial charge is 0.162 e. The number of anilines is 1. The lowest BCUT2D eigenvalue weighted by molar-refractivity contribution is -0.116. The van der Waals surface area contributed by atoms with Crippen LogP contribution in [0.2, 0.25) is 0 Å². The fourth-order valence-corrected chi connectivity index (χ4v) is 3.07. The van der Waals surface area contributed by atoms with E-state index in [1.807, 2.05) is 31.5 Å². The largest absolute Gasteiger partial charge is 0.378 e. The first-order valence-electron chi connectivity index (χ1n) is 7.96. The molecule has 4 rings (SSSR count). The summed E-state index contributed by atoms with van der Waals surface area (Å²) < 4.78 is 5.41. The van der Waals surface area contributed by atoms with Crippen LogP contribution in [0, 0.1) is 5.92 Å². The number of hydrogen-bond donors (Lipinski definition) is 1. The van der Waals surface area contributed by atoms with Crippen molar-refractivity contribution in [2.45, 2.75) is 6.92 Å². The number of aromatic nitrogens is 2. The van der Waals surface area contributed by atoms with Crippen LogP contribution in [-0.2, 0) is 9.53 Å². The molecule has 5 nitrogen and oxygen atoms in total. The maximum Gasteiger partial charge on any atom is 0.162 e. The third kappa shape index (κ3) is 2.57. The summed E-state index contributed by atoms with van der Waals surface area (Å²) in [5.74, 6) is 0.111. The Balaban J connectivity index is 1.75. The number of fused-ring (bicyclic) bond motifs is 1. The van der Waals surface area contributed by atoms with Gasteiger partial charge in [-0.2, -0.15) is 0 Å². The van der Waals surface area contributed by atoms with Gasteiger partial charge in [-0.1, -0.05) is 19.1 Å². The standard InChI is InChI=1S/C18H19N3O2/c1-12-2-3-13(8-17(12)22)16-11-20-18-15(16)9-14(10-19-18)21-4-6-23-7-5-21/h2-3,8-12H,4-7H2,1H3,(H,19,20). The third-order valence-corrected chi connectivity index (χ3v) is 4.51. The second-order valence-corrected chi connectivity index (χ2v) is 6.04. The van der Waals surface area contributed by atoms with E-state index >= 15 is 0 Å². The van der Waals surface area contributed by atoms with Crippen LogP contribution < -0.4 is 4.90 Å². The molecule has 0 radical (unpaired) electrons. The van der Waals surface area contributed by atoms with Gasteiger partial charge in [-0.25, -0.2) is 4.98 Å². The number of carbonyl (C=O) groups is 1. The molecule has 0 amide bonds. The Bertz CT molecular complexity index is 813. The molecule has 2 aliphatic rings. The van der Waals surface area contributed by atoms with Crippen molar-refractivity contribution < 1.29 is 9.53 Å². The van der Waals surface area contributed by atoms with E-state index in [0.29, 0.717) is 0 Å². The molecule has 5 heteroatoms. The lowest BCUT2D eigenvalue weighted by Crippen LogP contribution is -2.36. The van der Waals surface area contributed by atoms with Crippen LogP contribution in [-0.4, -0.2) is 42.1 Å². The maximum atomic E-state index is 12.0. The molecule has 2 aromatic rings. The zero-order chi connectivity index (χ0) is 15.8. The van der Waals surface area contributed by atoms with E-state index < -0.39 is 0 Å². The van der Waals surface area contributed by atoms with Crippen LogP contribution in [0.3, 0.4) is 0 Å². The van der Waals surface area contributed by atoms with E-state index in [1.54, 1.807) is 6.08 Å². The van der Waals surface area contributed by atoms with E-state index in [4.69, 9.17) is 4.74 Å². The number of ketones is 1. The molecule has 0 bridgehead atoms. The van der Waals surface area contributed by atoms with Gasteiger partial charge in [-0.3, -0.25) is 4.79 Å². The van der Waals surface area contributed by atoms with Gasteiger partial charge in [-0.15, -0.1) is 0 Å². The van der Waals surface area contributed by atoms with Gasteiger partial charge in [-0.05, 0) is 17.7 Å². The van der Waals surface area contributed by atoms with Crippen LogP contribution in [0.4, 0.5) is 5.69 Å². The molecule has 0 aromatic carbocycles. The molecule has 3 heterocycles. The van der Waals surface area contributed by atoms with Crippen molar-refractivity contribution in [3.63, 3.8) is 0 Å². The van der Waals surface area contributed by atoms with E-state index in [2.05, 4.69) is 20.9 Å². The molecule has 1 saturated heterocycles. The highest BCUT2D eigenvalue weighted by Crippen LogP contribution is 2.30. The Morgan fingerprint density at radius 3 is 2.96 bits per heavy atom. The summed E-state index contributed by atoms with van der Waals surface area (Å²) in [6, 6.07) is 2.15. The summed E-state index contributed by atoms with van der Waals surface area (Å²) in [5, 5.41) is 1.05. The Kier molecular flexibility index (Phi) is 3.50. The summed E-state index contributed by atoms with van der Waals surface area (Å²) in [6.07, 6.45) is 9.53. The predicted octanol–water partition coefficient (Wildman–Crippen LogP) is 2.56. The molecule has 1 unspecified atom stereocenters. The number of rotatable bonds is 2. The third-order valence-electron chi connectivity index (χ3n) is 4.51. The monoisotopic (exact) mass is 309 g/mol. The summed E-state index contributed by atoms with van der Waals surface area (Å²) in [6.45, 7) is 5.17. The van der Waals surface area contributed by atoms with Gasteiger partial charge in [0, 0.05) is 36.2 Å². The van der Waals surface area contributed by atoms with E-state index in [9.17, 15) is 4.79 Å². The van der Waals surface area contributed by atoms with Crippen molar-refractivity contribution in [1.29, 1.82) is 0 Å². The van der Waals surface area contributed by atoms with Crippen LogP contribution in [0.25, 0.3) is 16.6 Å². The normalized spacial score (nSPS) is 21.8. The van der Waals surface area contributed by atoms with Crippen molar-refractivity contribution in [2.24, 2.45) is 5.92 Å². The number of allylic oxidation sites excluding steroid dienone is 4. The van der Waals surface area contributed by atoms with Gasteiger partial charge < -0.3 is 14.6 Å². The van der Waals surface area contributed by atoms with Crippen LogP contribution in [0.1, 0.15) is 12.5 Å². The van der Waals surface area contributed by atoms with Gasteiger partial charge in [0.2, 0.25) is 0 Å². The zero-order valence-electron chi connectivity index (χ0n) is 13.1. The number of carbonyl (C=O) groups excluding carboxylic acids is 1. The zero-order valence-corrected chi connectivity index (χ0v) is 13.1. The van der Waals surface area contributed by atoms with Crippen LogP contribution >= 0.6 is 0 Å². The van der Waals surface area contributed by atoms with Gasteiger partial charge in [0.15, 0.2) is 5.78 Å². The lowest BCUT2D eigenvalue weighted by Gasteiger charge is -2.28. The molecule has 118 valence electrons. The molecule has 23 heavy (non-hydrogen) atoms. The van der Waals surface area contributed by atoms with Crippen molar-refractivity contribution in [3.8, 4) is 0 Å². The highest BCUT2D eigenvalue weighted by atomic mass is 16.5. The van der Waals surface area contributed by atoms with E-state index in [1.165, 1.54) is 0 Å². The molecule has 0 spiro atoms. The minimum Gasteiger partial charge on any atom is -0.378 e. The molecule has 2 aromatic heterocycles. The average molecular weight is 309 g/mol. The van der Waals surface area contributed by atoms with Crippen molar-refractivity contribution in [1.82, 2.24) is 9.97 Å². The summed E-state index contributed by atoms with van der Waals surface area (Å²) in [5.41, 5.74) is 3.92. The number of aromatic amines is 1. The first-order chi connectivity index (χ1) is 11.2. The fraction of sp³-hybridized carbons (Fsp3) is 0.333. The molecule has 1 atom stereocenters. The first kappa shape index (κ1) is 14.2. The highest BCUT2D eigenvalue weighted by Gasteiger charge is 2.18. The summed E-state index contributed by atoms with van der Waals surface area (Å²) in [7, 11) is 0. The molecule has 1 N–H and O–H groups in total. The van der Waals surface area contributed by atoms with Gasteiger partial charge >= 0.3 is 0 Å². The molecule has 1 fully saturated rings. The number of nitrogens with zero attached hydrogens (tertiary/aromatic N) is 2. The van der Waals surface area contributed by atoms with Crippen molar-refractivity contribution in [2.75, 3.05) is 31.2 Å². The Hall–Kier alpha value is -2.40. The second-order valence-electron chi connectivity index (χ2n) is 6.04. The number of nitrogens with one attached hydrogen (secondary N) is 1. The first-order valence-corrected chi connectivity index (χ1v) is 7.96. The molecular formula is C18H19N3O2. The number of hydrogen-bond acceptors (Lipinski definition) is 4. The van der Waals surface area contributed by atoms with Crippen molar-refractivity contribution in [3.05, 3.63) is 42.3 Å². The fourth-order valence-electron chi connectivity index (χ4n) is 3.07. The lowest BCUT2D eigenvalue weighted by atomic mass is 9.93. The van der Waals surface area contributed by atoms with Gasteiger partial charge in [0.1, 0.15) is 5.65 Å². The second kappa shape index (κ2) is 5.66. The van der Waals surface area contributed by atoms with Gasteiger partial charge in [0.05, 0.1) is 25.1 Å². The molecule has 0 saturated carbocycles. The number of morpholine rings is 1. The van der Waals surface area contributed by atoms with Crippen molar-refractivity contribution >= 4 is 28.1 Å². The average Bonchev–Trinajstić information content (AvgIpc) is 3.01. The Labute approximate surface area is 134 Å². The van der Waals surface area contributed by atoms with E-state index in [0.717, 1.165) is 54.2 Å². The van der Waals surface area contributed by atoms with Crippen LogP contribution in [0.15, 0.2) is 36.7 Å². The van der Waals surface area contributed by atoms with Gasteiger partial charge in [0.25, 0.3) is 0 Å². The molecular weight excluding hydrogens is 290 g/mol. The minimum absolute atomic E-state index is 0.0361. The number of H-pyrrole nitrogens is 1. The highest BCUT2D eigenvalue weighted by molar-refractivity contribution is 6.06. The summed E-state index contributed by atoms with van der Waals surface area (Å²) >= 11 is 0. The molecule has 1 aliphatic heterocycles. The Morgan fingerprint density at radius 1 is 1.35 bits per heavy atom. The van der Waals surface area contributed by atoms with Crippen LogP contribution in [0.5, 0.6) is 0 Å². The minimum atomic E-state index is -0.0361.